The number of nitro benzene ring substituents is 1. The fourth-order valence-electron chi connectivity index (χ4n) is 3.32. The van der Waals surface area contributed by atoms with Gasteiger partial charge >= 0.3 is 0 Å². The van der Waals surface area contributed by atoms with Gasteiger partial charge in [0.25, 0.3) is 15.7 Å². The van der Waals surface area contributed by atoms with Crippen LogP contribution in [0.4, 0.5) is 11.4 Å². The molecule has 0 aliphatic heterocycles. The second-order valence-corrected chi connectivity index (χ2v) is 8.95. The van der Waals surface area contributed by atoms with Gasteiger partial charge in [-0.2, -0.15) is 0 Å². The molecule has 0 fully saturated rings. The minimum atomic E-state index is -4.27. The van der Waals surface area contributed by atoms with Gasteiger partial charge < -0.3 is 24.1 Å². The molecule has 0 heterocycles. The monoisotopic (exact) mass is 516 g/mol. The number of benzene rings is 3. The maximum atomic E-state index is 12.9. The van der Waals surface area contributed by atoms with Crippen molar-refractivity contribution in [2.45, 2.75) is 4.90 Å². The van der Waals surface area contributed by atoms with Gasteiger partial charge in [0.2, 0.25) is 5.75 Å². The van der Waals surface area contributed by atoms with E-state index in [9.17, 15) is 23.6 Å². The van der Waals surface area contributed by atoms with E-state index in [1.807, 2.05) is 0 Å². The number of nitrogens with zero attached hydrogens (tertiary/aromatic N) is 1. The van der Waals surface area contributed by atoms with Crippen LogP contribution < -0.4 is 23.7 Å². The molecule has 0 bridgehead atoms. The predicted molar refractivity (Wildman–Crippen MR) is 134 cm³/mol. The summed E-state index contributed by atoms with van der Waals surface area (Å²) in [5.74, 6) is 0.895. The molecule has 0 aliphatic carbocycles. The largest absolute Gasteiger partial charge is 0.503 e. The number of hydrogen-bond donors (Lipinski definition) is 2. The van der Waals surface area contributed by atoms with Crippen LogP contribution in [0.1, 0.15) is 11.1 Å². The molecule has 3 rings (SSSR count). The Balaban J connectivity index is 2.00. The van der Waals surface area contributed by atoms with E-state index in [0.717, 1.165) is 6.07 Å². The van der Waals surface area contributed by atoms with E-state index in [1.165, 1.54) is 58.8 Å². The molecular weight excluding hydrogens is 492 g/mol. The molecule has 0 saturated carbocycles. The highest BCUT2D eigenvalue weighted by molar-refractivity contribution is 7.92. The minimum Gasteiger partial charge on any atom is -0.503 e. The summed E-state index contributed by atoms with van der Waals surface area (Å²) in [4.78, 5) is 9.99. The first-order valence-electron chi connectivity index (χ1n) is 10.3. The number of phenols is 1. The van der Waals surface area contributed by atoms with Gasteiger partial charge in [0.05, 0.1) is 43.9 Å². The number of rotatable bonds is 10. The first kappa shape index (κ1) is 26.2. The first-order chi connectivity index (χ1) is 17.1. The maximum absolute atomic E-state index is 12.9. The van der Waals surface area contributed by atoms with Gasteiger partial charge in [-0.05, 0) is 41.5 Å². The Morgan fingerprint density at radius 1 is 0.861 bits per heavy atom. The van der Waals surface area contributed by atoms with Gasteiger partial charge in [0.15, 0.2) is 23.0 Å². The van der Waals surface area contributed by atoms with Crippen LogP contribution in [0, 0.1) is 10.1 Å². The Labute approximate surface area is 207 Å². The highest BCUT2D eigenvalue weighted by atomic mass is 32.2. The van der Waals surface area contributed by atoms with Crippen molar-refractivity contribution in [3.05, 3.63) is 69.8 Å². The molecule has 36 heavy (non-hydrogen) atoms. The van der Waals surface area contributed by atoms with Crippen molar-refractivity contribution < 1.29 is 37.4 Å². The van der Waals surface area contributed by atoms with Crippen LogP contribution in [0.25, 0.3) is 12.2 Å². The number of methoxy groups -OCH3 is 4. The standard InChI is InChI=1S/C24H24N2O9S/c1-32-20-11-15(8-9-16-12-21(33-2)24(35-4)22(13-16)34-3)10-19(23(20)27)25-36(30,31)18-7-5-6-17(14-18)26(28)29/h5-14,25,27H,1-4H3. The molecule has 12 heteroatoms. The second-order valence-electron chi connectivity index (χ2n) is 7.27. The fourth-order valence-corrected chi connectivity index (χ4v) is 4.41. The minimum absolute atomic E-state index is 0.0128. The quantitative estimate of drug-likeness (QED) is 0.174. The first-order valence-corrected chi connectivity index (χ1v) is 11.8. The van der Waals surface area contributed by atoms with Crippen LogP contribution in [0.3, 0.4) is 0 Å². The molecule has 0 amide bonds. The van der Waals surface area contributed by atoms with Crippen LogP contribution in [0.5, 0.6) is 28.7 Å². The molecule has 3 aromatic rings. The van der Waals surface area contributed by atoms with Crippen molar-refractivity contribution in [2.24, 2.45) is 0 Å². The summed E-state index contributed by atoms with van der Waals surface area (Å²) < 4.78 is 49.2. The molecule has 0 atom stereocenters. The van der Waals surface area contributed by atoms with Crippen molar-refractivity contribution in [3.63, 3.8) is 0 Å². The third-order valence-electron chi connectivity index (χ3n) is 5.06. The maximum Gasteiger partial charge on any atom is 0.270 e. The SMILES string of the molecule is COc1cc(C=Cc2cc(OC)c(OC)c(OC)c2)cc(NS(=O)(=O)c2cccc([N+](=O)[O-])c2)c1O. The average molecular weight is 517 g/mol. The number of nitro groups is 1. The van der Waals surface area contributed by atoms with E-state index >= 15 is 0 Å². The molecule has 0 spiro atoms. The summed E-state index contributed by atoms with van der Waals surface area (Å²) >= 11 is 0. The zero-order valence-electron chi connectivity index (χ0n) is 19.8. The molecule has 11 nitrogen and oxygen atoms in total. The lowest BCUT2D eigenvalue weighted by atomic mass is 10.1. The summed E-state index contributed by atoms with van der Waals surface area (Å²) in [6.07, 6.45) is 3.38. The Bertz CT molecular complexity index is 1390. The third kappa shape index (κ3) is 5.61. The fraction of sp³-hybridized carbons (Fsp3) is 0.167. The predicted octanol–water partition coefficient (Wildman–Crippen LogP) is 4.31. The summed E-state index contributed by atoms with van der Waals surface area (Å²) in [5.41, 5.74) is 0.609. The molecule has 3 aromatic carbocycles. The third-order valence-corrected chi connectivity index (χ3v) is 6.42. The molecule has 0 saturated heterocycles. The molecule has 0 aliphatic rings. The number of phenolic OH excluding ortho intramolecular Hbond substituents is 1. The zero-order valence-corrected chi connectivity index (χ0v) is 20.7. The molecule has 2 N–H and O–H groups in total. The van der Waals surface area contributed by atoms with Gasteiger partial charge in [-0.1, -0.05) is 18.2 Å². The Morgan fingerprint density at radius 2 is 1.42 bits per heavy atom. The number of anilines is 1. The van der Waals surface area contributed by atoms with Gasteiger partial charge in [-0.3, -0.25) is 14.8 Å². The molecular formula is C24H24N2O9S. The van der Waals surface area contributed by atoms with Crippen LogP contribution in [0.15, 0.2) is 53.4 Å². The van der Waals surface area contributed by atoms with Gasteiger partial charge in [-0.15, -0.1) is 0 Å². The molecule has 0 unspecified atom stereocenters. The Kier molecular flexibility index (Phi) is 7.90. The van der Waals surface area contributed by atoms with Crippen molar-refractivity contribution >= 4 is 33.6 Å². The summed E-state index contributed by atoms with van der Waals surface area (Å²) in [7, 11) is 1.54. The lowest BCUT2D eigenvalue weighted by molar-refractivity contribution is -0.385. The number of aromatic hydroxyl groups is 1. The van der Waals surface area contributed by atoms with Crippen LogP contribution in [-0.2, 0) is 10.0 Å². The van der Waals surface area contributed by atoms with E-state index < -0.39 is 20.7 Å². The highest BCUT2D eigenvalue weighted by Crippen LogP contribution is 2.40. The van der Waals surface area contributed by atoms with E-state index in [-0.39, 0.29) is 22.0 Å². The number of nitrogens with one attached hydrogen (secondary N) is 1. The molecule has 190 valence electrons. The number of hydrogen-bond acceptors (Lipinski definition) is 9. The molecule has 0 aromatic heterocycles. The van der Waals surface area contributed by atoms with E-state index in [1.54, 1.807) is 24.3 Å². The lowest BCUT2D eigenvalue weighted by Crippen LogP contribution is -2.13. The van der Waals surface area contributed by atoms with Crippen LogP contribution in [-0.4, -0.2) is 46.9 Å². The zero-order chi connectivity index (χ0) is 26.5. The summed E-state index contributed by atoms with van der Waals surface area (Å²) in [6.45, 7) is 0. The van der Waals surface area contributed by atoms with Gasteiger partial charge in [-0.25, -0.2) is 8.42 Å². The van der Waals surface area contributed by atoms with Crippen molar-refractivity contribution in [1.29, 1.82) is 0 Å². The van der Waals surface area contributed by atoms with Crippen molar-refractivity contribution in [2.75, 3.05) is 33.2 Å². The normalized spacial score (nSPS) is 11.2. The van der Waals surface area contributed by atoms with E-state index in [2.05, 4.69) is 4.72 Å². The van der Waals surface area contributed by atoms with E-state index in [4.69, 9.17) is 18.9 Å². The van der Waals surface area contributed by atoms with Crippen LogP contribution in [0.2, 0.25) is 0 Å². The molecule has 0 radical (unpaired) electrons. The van der Waals surface area contributed by atoms with E-state index in [0.29, 0.717) is 28.4 Å². The van der Waals surface area contributed by atoms with Crippen molar-refractivity contribution in [1.82, 2.24) is 0 Å². The Morgan fingerprint density at radius 3 is 1.94 bits per heavy atom. The summed E-state index contributed by atoms with van der Waals surface area (Å²) in [6, 6.07) is 10.9. The summed E-state index contributed by atoms with van der Waals surface area (Å²) in [5, 5.41) is 21.5. The topological polar surface area (TPSA) is 146 Å². The number of sulfonamides is 1. The highest BCUT2D eigenvalue weighted by Gasteiger charge is 2.21. The smallest absolute Gasteiger partial charge is 0.270 e. The van der Waals surface area contributed by atoms with Crippen molar-refractivity contribution in [3.8, 4) is 28.7 Å². The Hall–Kier alpha value is -4.45. The van der Waals surface area contributed by atoms with Gasteiger partial charge in [0.1, 0.15) is 0 Å². The lowest BCUT2D eigenvalue weighted by Gasteiger charge is -2.14. The number of non-ortho nitro benzene ring substituents is 1. The average Bonchev–Trinajstić information content (AvgIpc) is 2.88. The van der Waals surface area contributed by atoms with Gasteiger partial charge in [0, 0.05) is 12.1 Å². The van der Waals surface area contributed by atoms with Crippen LogP contribution >= 0.6 is 0 Å². The second kappa shape index (κ2) is 10.9. The number of ether oxygens (including phenoxy) is 4.